The zero-order valence-corrected chi connectivity index (χ0v) is 14.2. The minimum atomic E-state index is -0.731. The van der Waals surface area contributed by atoms with Crippen LogP contribution in [0.15, 0.2) is 54.6 Å². The molecule has 6 nitrogen and oxygen atoms in total. The molecule has 2 aliphatic rings. The molecule has 132 valence electrons. The summed E-state index contributed by atoms with van der Waals surface area (Å²) in [4.78, 5) is 40.4. The van der Waals surface area contributed by atoms with E-state index in [0.29, 0.717) is 12.1 Å². The topological polar surface area (TPSA) is 69.7 Å². The average Bonchev–Trinajstić information content (AvgIpc) is 2.96. The molecule has 1 fully saturated rings. The highest BCUT2D eigenvalue weighted by Crippen LogP contribution is 2.27. The van der Waals surface area contributed by atoms with Crippen LogP contribution in [0.25, 0.3) is 0 Å². The van der Waals surface area contributed by atoms with Gasteiger partial charge in [0.05, 0.1) is 0 Å². The first-order valence-electron chi connectivity index (χ1n) is 8.70. The van der Waals surface area contributed by atoms with Gasteiger partial charge in [-0.1, -0.05) is 48.5 Å². The molecule has 0 aliphatic carbocycles. The summed E-state index contributed by atoms with van der Waals surface area (Å²) in [5.41, 5.74) is 2.70. The van der Waals surface area contributed by atoms with Gasteiger partial charge in [0.1, 0.15) is 12.6 Å². The number of benzene rings is 2. The largest absolute Gasteiger partial charge is 0.325 e. The van der Waals surface area contributed by atoms with Gasteiger partial charge in [-0.2, -0.15) is 0 Å². The number of carbonyl (C=O) groups is 3. The van der Waals surface area contributed by atoms with E-state index in [-0.39, 0.29) is 18.4 Å². The molecule has 2 heterocycles. The lowest BCUT2D eigenvalue weighted by Crippen LogP contribution is -2.45. The number of hydrogen-bond donors (Lipinski definition) is 1. The molecule has 0 aromatic heterocycles. The van der Waals surface area contributed by atoms with Crippen LogP contribution in [0.4, 0.5) is 10.5 Å². The molecule has 4 amide bonds. The van der Waals surface area contributed by atoms with Crippen LogP contribution >= 0.6 is 0 Å². The number of fused-ring (bicyclic) bond motifs is 1. The van der Waals surface area contributed by atoms with Crippen LogP contribution in [-0.2, 0) is 16.0 Å². The third kappa shape index (κ3) is 2.83. The summed E-state index contributed by atoms with van der Waals surface area (Å²) < 4.78 is 0. The summed E-state index contributed by atoms with van der Waals surface area (Å²) in [5.74, 6) is -0.630. The highest BCUT2D eigenvalue weighted by atomic mass is 16.2. The molecule has 2 aromatic carbocycles. The highest BCUT2D eigenvalue weighted by Gasteiger charge is 2.40. The number of amides is 4. The summed E-state index contributed by atoms with van der Waals surface area (Å²) in [6, 6.07) is 15.6. The number of para-hydroxylation sites is 1. The Bertz CT molecular complexity index is 866. The number of anilines is 1. The Morgan fingerprint density at radius 3 is 2.58 bits per heavy atom. The summed E-state index contributed by atoms with van der Waals surface area (Å²) in [7, 11) is 0. The van der Waals surface area contributed by atoms with E-state index >= 15 is 0 Å². The lowest BCUT2D eigenvalue weighted by atomic mass is 10.0. The van der Waals surface area contributed by atoms with Gasteiger partial charge in [0, 0.05) is 12.2 Å². The van der Waals surface area contributed by atoms with Gasteiger partial charge >= 0.3 is 6.03 Å². The zero-order valence-electron chi connectivity index (χ0n) is 14.2. The molecule has 1 atom stereocenters. The molecule has 1 N–H and O–H groups in total. The summed E-state index contributed by atoms with van der Waals surface area (Å²) >= 11 is 0. The van der Waals surface area contributed by atoms with Crippen LogP contribution in [-0.4, -0.2) is 35.8 Å². The molecule has 2 aromatic rings. The summed E-state index contributed by atoms with van der Waals surface area (Å²) in [6.45, 7) is 0.351. The highest BCUT2D eigenvalue weighted by molar-refractivity contribution is 6.08. The molecule has 0 bridgehead atoms. The van der Waals surface area contributed by atoms with Crippen LogP contribution in [0.2, 0.25) is 0 Å². The summed E-state index contributed by atoms with van der Waals surface area (Å²) in [6.07, 6.45) is 1.80. The summed E-state index contributed by atoms with van der Waals surface area (Å²) in [5, 5.41) is 2.66. The molecule has 0 spiro atoms. The van der Waals surface area contributed by atoms with Gasteiger partial charge in [-0.25, -0.2) is 4.79 Å². The van der Waals surface area contributed by atoms with Gasteiger partial charge < -0.3 is 10.2 Å². The normalized spacial score (nSPS) is 19.3. The molecular formula is C20H19N3O3. The van der Waals surface area contributed by atoms with Crippen molar-refractivity contribution in [3.05, 3.63) is 65.7 Å². The van der Waals surface area contributed by atoms with Crippen LogP contribution in [0.3, 0.4) is 0 Å². The van der Waals surface area contributed by atoms with Crippen molar-refractivity contribution < 1.29 is 14.4 Å². The van der Waals surface area contributed by atoms with Crippen molar-refractivity contribution in [2.45, 2.75) is 18.9 Å². The standard InChI is InChI=1S/C20H19N3O3/c24-17(22-12-6-10-14-7-4-5-11-16(14)22)13-23-19(25)18(21-20(23)26)15-8-2-1-3-9-15/h1-5,7-9,11,18H,6,10,12-13H2,(H,21,26). The van der Waals surface area contributed by atoms with Gasteiger partial charge in [-0.15, -0.1) is 0 Å². The van der Waals surface area contributed by atoms with Gasteiger partial charge in [0.25, 0.3) is 5.91 Å². The van der Waals surface area contributed by atoms with Crippen LogP contribution in [0.1, 0.15) is 23.6 Å². The molecule has 6 heteroatoms. The van der Waals surface area contributed by atoms with Gasteiger partial charge in [0.15, 0.2) is 0 Å². The molecular weight excluding hydrogens is 330 g/mol. The fraction of sp³-hybridized carbons (Fsp3) is 0.250. The molecule has 26 heavy (non-hydrogen) atoms. The lowest BCUT2D eigenvalue weighted by Gasteiger charge is -2.30. The first kappa shape index (κ1) is 16.3. The second-order valence-electron chi connectivity index (χ2n) is 6.50. The van der Waals surface area contributed by atoms with Crippen LogP contribution in [0, 0.1) is 0 Å². The monoisotopic (exact) mass is 349 g/mol. The number of aryl methyl sites for hydroxylation is 1. The fourth-order valence-corrected chi connectivity index (χ4v) is 3.55. The Labute approximate surface area is 151 Å². The fourth-order valence-electron chi connectivity index (χ4n) is 3.55. The third-order valence-electron chi connectivity index (χ3n) is 4.86. The zero-order chi connectivity index (χ0) is 18.1. The van der Waals surface area contributed by atoms with Crippen molar-refractivity contribution in [1.82, 2.24) is 10.2 Å². The number of rotatable bonds is 3. The molecule has 0 radical (unpaired) electrons. The molecule has 1 saturated heterocycles. The maximum Gasteiger partial charge on any atom is 0.325 e. The van der Waals surface area contributed by atoms with E-state index in [1.165, 1.54) is 0 Å². The van der Waals surface area contributed by atoms with Gasteiger partial charge in [-0.3, -0.25) is 14.5 Å². The second-order valence-corrected chi connectivity index (χ2v) is 6.50. The predicted octanol–water partition coefficient (Wildman–Crippen LogP) is 2.26. The number of nitrogens with zero attached hydrogens (tertiary/aromatic N) is 2. The maximum atomic E-state index is 12.8. The lowest BCUT2D eigenvalue weighted by molar-refractivity contribution is -0.131. The minimum Gasteiger partial charge on any atom is -0.322 e. The Morgan fingerprint density at radius 1 is 1.04 bits per heavy atom. The number of carbonyl (C=O) groups excluding carboxylic acids is 3. The number of hydrogen-bond acceptors (Lipinski definition) is 3. The van der Waals surface area contributed by atoms with Crippen molar-refractivity contribution in [1.29, 1.82) is 0 Å². The quantitative estimate of drug-likeness (QED) is 0.864. The molecule has 0 saturated carbocycles. The van der Waals surface area contributed by atoms with Crippen molar-refractivity contribution in [2.24, 2.45) is 0 Å². The Morgan fingerprint density at radius 2 is 1.77 bits per heavy atom. The smallest absolute Gasteiger partial charge is 0.322 e. The Balaban J connectivity index is 1.52. The Kier molecular flexibility index (Phi) is 4.16. The molecule has 4 rings (SSSR count). The van der Waals surface area contributed by atoms with Gasteiger partial charge in [-0.05, 0) is 30.0 Å². The van der Waals surface area contributed by atoms with Crippen molar-refractivity contribution in [2.75, 3.05) is 18.0 Å². The maximum absolute atomic E-state index is 12.8. The van der Waals surface area contributed by atoms with E-state index in [4.69, 9.17) is 0 Å². The minimum absolute atomic E-state index is 0.241. The third-order valence-corrected chi connectivity index (χ3v) is 4.86. The SMILES string of the molecule is O=C1NC(c2ccccc2)C(=O)N1CC(=O)N1CCCc2ccccc21. The molecule has 2 aliphatic heterocycles. The number of nitrogens with one attached hydrogen (secondary N) is 1. The van der Waals surface area contributed by atoms with E-state index in [1.807, 2.05) is 42.5 Å². The number of urea groups is 1. The van der Waals surface area contributed by atoms with E-state index in [0.717, 1.165) is 29.0 Å². The van der Waals surface area contributed by atoms with E-state index < -0.39 is 12.1 Å². The van der Waals surface area contributed by atoms with E-state index in [1.54, 1.807) is 17.0 Å². The molecule has 1 unspecified atom stereocenters. The second kappa shape index (κ2) is 6.63. The van der Waals surface area contributed by atoms with Crippen molar-refractivity contribution >= 4 is 23.5 Å². The van der Waals surface area contributed by atoms with Crippen molar-refractivity contribution in [3.8, 4) is 0 Å². The average molecular weight is 349 g/mol. The van der Waals surface area contributed by atoms with E-state index in [9.17, 15) is 14.4 Å². The van der Waals surface area contributed by atoms with Gasteiger partial charge in [0.2, 0.25) is 5.91 Å². The van der Waals surface area contributed by atoms with Crippen LogP contribution in [0.5, 0.6) is 0 Å². The number of imide groups is 1. The predicted molar refractivity (Wildman–Crippen MR) is 96.5 cm³/mol. The first-order valence-corrected chi connectivity index (χ1v) is 8.70. The van der Waals surface area contributed by atoms with Crippen LogP contribution < -0.4 is 10.2 Å². The first-order chi connectivity index (χ1) is 12.6. The van der Waals surface area contributed by atoms with E-state index in [2.05, 4.69) is 5.32 Å². The van der Waals surface area contributed by atoms with Crippen molar-refractivity contribution in [3.63, 3.8) is 0 Å². The Hall–Kier alpha value is -3.15.